The molecule has 0 saturated carbocycles. The lowest BCUT2D eigenvalue weighted by Gasteiger charge is -2.31. The van der Waals surface area contributed by atoms with Crippen LogP contribution in [0.3, 0.4) is 0 Å². The molecule has 150 valence electrons. The second-order valence-electron chi connectivity index (χ2n) is 7.69. The highest BCUT2D eigenvalue weighted by atomic mass is 16.3. The smallest absolute Gasteiger partial charge is 0.196 e. The second kappa shape index (κ2) is 8.22. The fraction of sp³-hybridized carbons (Fsp3) is 0.632. The fourth-order valence-electron chi connectivity index (χ4n) is 3.81. The predicted octanol–water partition coefficient (Wildman–Crippen LogP) is 2.43. The summed E-state index contributed by atoms with van der Waals surface area (Å²) < 4.78 is 9.58. The summed E-state index contributed by atoms with van der Waals surface area (Å²) in [5.74, 6) is 3.62. The van der Waals surface area contributed by atoms with Crippen molar-refractivity contribution in [2.24, 2.45) is 0 Å². The molecule has 28 heavy (non-hydrogen) atoms. The maximum Gasteiger partial charge on any atom is 0.196 e. The van der Waals surface area contributed by atoms with Crippen LogP contribution < -0.4 is 0 Å². The lowest BCUT2D eigenvalue weighted by molar-refractivity contribution is 0.198. The third-order valence-corrected chi connectivity index (χ3v) is 5.34. The molecule has 1 aliphatic heterocycles. The number of hydrogen-bond acceptors (Lipinski definition) is 7. The van der Waals surface area contributed by atoms with Crippen molar-refractivity contribution in [3.63, 3.8) is 0 Å². The molecule has 0 radical (unpaired) electrons. The summed E-state index contributed by atoms with van der Waals surface area (Å²) in [7, 11) is 0. The molecule has 0 unspecified atom stereocenters. The number of piperidine rings is 1. The Balaban J connectivity index is 1.37. The predicted molar refractivity (Wildman–Crippen MR) is 103 cm³/mol. The van der Waals surface area contributed by atoms with Gasteiger partial charge in [0.05, 0.1) is 5.69 Å². The van der Waals surface area contributed by atoms with Crippen LogP contribution in [0.25, 0.3) is 0 Å². The maximum atomic E-state index is 5.56. The van der Waals surface area contributed by atoms with Gasteiger partial charge in [-0.25, -0.2) is 14.6 Å². The first-order valence-corrected chi connectivity index (χ1v) is 10.0. The minimum atomic E-state index is 0.326. The zero-order valence-electron chi connectivity index (χ0n) is 16.8. The molecule has 0 amide bonds. The third kappa shape index (κ3) is 3.99. The molecule has 4 rings (SSSR count). The second-order valence-corrected chi connectivity index (χ2v) is 7.69. The molecule has 0 aliphatic carbocycles. The van der Waals surface area contributed by atoms with Crippen LogP contribution in [0.2, 0.25) is 0 Å². The van der Waals surface area contributed by atoms with E-state index in [-0.39, 0.29) is 0 Å². The van der Waals surface area contributed by atoms with Crippen molar-refractivity contribution in [3.8, 4) is 0 Å². The molecule has 1 aliphatic rings. The molecule has 3 aromatic heterocycles. The number of nitrogens with zero attached hydrogens (tertiary/aromatic N) is 8. The van der Waals surface area contributed by atoms with E-state index >= 15 is 0 Å². The standard InChI is InChI=1S/C19H28N8O/c1-4-27-17(10-26-13-20-12-21-26)23-24-18(27)15-5-7-25(8-6-15)9-16-11-28-19(22-16)14(2)3/h11-15H,4-10H2,1-3H3. The molecule has 9 nitrogen and oxygen atoms in total. The van der Waals surface area contributed by atoms with E-state index in [9.17, 15) is 0 Å². The highest BCUT2D eigenvalue weighted by molar-refractivity contribution is 5.05. The van der Waals surface area contributed by atoms with Crippen molar-refractivity contribution >= 4 is 0 Å². The molecule has 3 aromatic rings. The Labute approximate surface area is 164 Å². The monoisotopic (exact) mass is 384 g/mol. The summed E-state index contributed by atoms with van der Waals surface area (Å²) in [5.41, 5.74) is 1.02. The molecule has 1 fully saturated rings. The van der Waals surface area contributed by atoms with Crippen LogP contribution in [0.5, 0.6) is 0 Å². The topological polar surface area (TPSA) is 90.7 Å². The minimum absolute atomic E-state index is 0.326. The molecule has 1 saturated heterocycles. The maximum absolute atomic E-state index is 5.56. The summed E-state index contributed by atoms with van der Waals surface area (Å²) in [6.07, 6.45) is 7.21. The van der Waals surface area contributed by atoms with Gasteiger partial charge in [-0.3, -0.25) is 4.90 Å². The summed E-state index contributed by atoms with van der Waals surface area (Å²) in [6.45, 7) is 10.7. The van der Waals surface area contributed by atoms with E-state index in [1.807, 2.05) is 0 Å². The van der Waals surface area contributed by atoms with E-state index in [1.54, 1.807) is 23.6 Å². The van der Waals surface area contributed by atoms with Crippen molar-refractivity contribution in [1.29, 1.82) is 0 Å². The Morgan fingerprint density at radius 3 is 2.64 bits per heavy atom. The van der Waals surface area contributed by atoms with E-state index in [0.29, 0.717) is 18.4 Å². The lowest BCUT2D eigenvalue weighted by atomic mass is 9.95. The fourth-order valence-corrected chi connectivity index (χ4v) is 3.81. The summed E-state index contributed by atoms with van der Waals surface area (Å²) in [5, 5.41) is 13.1. The average Bonchev–Trinajstić information content (AvgIpc) is 3.44. The highest BCUT2D eigenvalue weighted by Crippen LogP contribution is 2.28. The van der Waals surface area contributed by atoms with Crippen LogP contribution in [-0.4, -0.2) is 52.5 Å². The zero-order valence-corrected chi connectivity index (χ0v) is 16.8. The average molecular weight is 384 g/mol. The third-order valence-electron chi connectivity index (χ3n) is 5.34. The molecule has 0 atom stereocenters. The van der Waals surface area contributed by atoms with Gasteiger partial charge in [-0.1, -0.05) is 13.8 Å². The van der Waals surface area contributed by atoms with E-state index in [1.165, 1.54) is 0 Å². The van der Waals surface area contributed by atoms with Crippen molar-refractivity contribution in [2.75, 3.05) is 13.1 Å². The molecular formula is C19H28N8O. The largest absolute Gasteiger partial charge is 0.448 e. The zero-order chi connectivity index (χ0) is 19.5. The number of aromatic nitrogens is 7. The molecule has 4 heterocycles. The molecule has 0 aromatic carbocycles. The highest BCUT2D eigenvalue weighted by Gasteiger charge is 2.26. The molecule has 0 N–H and O–H groups in total. The Morgan fingerprint density at radius 1 is 1.18 bits per heavy atom. The Hall–Kier alpha value is -2.55. The van der Waals surface area contributed by atoms with Gasteiger partial charge in [0.15, 0.2) is 11.7 Å². The Bertz CT molecular complexity index is 874. The molecule has 9 heteroatoms. The number of likely N-dealkylation sites (tertiary alicyclic amines) is 1. The van der Waals surface area contributed by atoms with Crippen molar-refractivity contribution in [3.05, 3.63) is 42.2 Å². The quantitative estimate of drug-likeness (QED) is 0.618. The van der Waals surface area contributed by atoms with Gasteiger partial charge in [-0.15, -0.1) is 10.2 Å². The van der Waals surface area contributed by atoms with E-state index < -0.39 is 0 Å². The van der Waals surface area contributed by atoms with Crippen LogP contribution in [0.1, 0.15) is 68.7 Å². The van der Waals surface area contributed by atoms with Gasteiger partial charge >= 0.3 is 0 Å². The first-order valence-electron chi connectivity index (χ1n) is 10.0. The van der Waals surface area contributed by atoms with E-state index in [2.05, 4.69) is 55.5 Å². The van der Waals surface area contributed by atoms with Gasteiger partial charge in [0.25, 0.3) is 0 Å². The number of rotatable bonds is 7. The summed E-state index contributed by atoms with van der Waals surface area (Å²) >= 11 is 0. The summed E-state index contributed by atoms with van der Waals surface area (Å²) in [4.78, 5) is 11.0. The van der Waals surface area contributed by atoms with Gasteiger partial charge in [0.1, 0.15) is 31.3 Å². The van der Waals surface area contributed by atoms with Crippen LogP contribution in [0, 0.1) is 0 Å². The van der Waals surface area contributed by atoms with Gasteiger partial charge in [0, 0.05) is 24.9 Å². The molecule has 0 bridgehead atoms. The first-order chi connectivity index (χ1) is 13.6. The SMILES string of the molecule is CCn1c(Cn2cncn2)nnc1C1CCN(Cc2coc(C(C)C)n2)CC1. The van der Waals surface area contributed by atoms with Crippen LogP contribution in [0.15, 0.2) is 23.3 Å². The Morgan fingerprint density at radius 2 is 2.00 bits per heavy atom. The van der Waals surface area contributed by atoms with E-state index in [4.69, 9.17) is 4.42 Å². The normalized spacial score (nSPS) is 16.3. The van der Waals surface area contributed by atoms with Crippen molar-refractivity contribution in [1.82, 2.24) is 39.4 Å². The van der Waals surface area contributed by atoms with Crippen LogP contribution in [0.4, 0.5) is 0 Å². The van der Waals surface area contributed by atoms with Gasteiger partial charge in [0.2, 0.25) is 0 Å². The van der Waals surface area contributed by atoms with Gasteiger partial charge in [-0.2, -0.15) is 5.10 Å². The molecular weight excluding hydrogens is 356 g/mol. The number of oxazole rings is 1. The lowest BCUT2D eigenvalue weighted by Crippen LogP contribution is -2.33. The van der Waals surface area contributed by atoms with E-state index in [0.717, 1.165) is 62.3 Å². The van der Waals surface area contributed by atoms with Crippen molar-refractivity contribution < 1.29 is 4.42 Å². The molecule has 0 spiro atoms. The van der Waals surface area contributed by atoms with Crippen LogP contribution in [-0.2, 0) is 19.6 Å². The number of hydrogen-bond donors (Lipinski definition) is 0. The first kappa shape index (κ1) is 18.8. The van der Waals surface area contributed by atoms with Gasteiger partial charge < -0.3 is 8.98 Å². The van der Waals surface area contributed by atoms with Crippen molar-refractivity contribution in [2.45, 2.75) is 65.1 Å². The van der Waals surface area contributed by atoms with Crippen LogP contribution >= 0.6 is 0 Å². The minimum Gasteiger partial charge on any atom is -0.448 e. The summed E-state index contributed by atoms with van der Waals surface area (Å²) in [6, 6.07) is 0. The Kier molecular flexibility index (Phi) is 5.52. The van der Waals surface area contributed by atoms with Gasteiger partial charge in [-0.05, 0) is 32.9 Å².